The van der Waals surface area contributed by atoms with Crippen molar-refractivity contribution < 1.29 is 14.6 Å². The summed E-state index contributed by atoms with van der Waals surface area (Å²) in [7, 11) is 1.30. The minimum atomic E-state index is -0.797. The maximum Gasteiger partial charge on any atom is 0.406 e. The van der Waals surface area contributed by atoms with E-state index in [9.17, 15) is 9.90 Å². The number of ether oxygens (including phenoxy) is 1. The van der Waals surface area contributed by atoms with Crippen LogP contribution in [0.4, 0.5) is 4.79 Å². The molecule has 1 rings (SSSR count). The standard InChI is InChI=1S/C7H14N2O3/c1-12-6(10)9-5-7(11)2-3-8-4-7/h8,11H,2-5H2,1H3,(H,9,10). The van der Waals surface area contributed by atoms with Crippen LogP contribution in [0.25, 0.3) is 0 Å². The third kappa shape index (κ3) is 2.35. The summed E-state index contributed by atoms with van der Waals surface area (Å²) in [6.07, 6.45) is 0.159. The molecule has 12 heavy (non-hydrogen) atoms. The van der Waals surface area contributed by atoms with Gasteiger partial charge in [0.15, 0.2) is 0 Å². The third-order valence-corrected chi connectivity index (χ3v) is 1.97. The molecule has 5 nitrogen and oxygen atoms in total. The van der Waals surface area contributed by atoms with Gasteiger partial charge >= 0.3 is 6.09 Å². The molecule has 70 valence electrons. The first-order valence-electron chi connectivity index (χ1n) is 3.91. The molecule has 0 aromatic rings. The zero-order valence-electron chi connectivity index (χ0n) is 7.09. The average molecular weight is 174 g/mol. The summed E-state index contributed by atoms with van der Waals surface area (Å²) in [4.78, 5) is 10.6. The van der Waals surface area contributed by atoms with Crippen molar-refractivity contribution in [1.82, 2.24) is 10.6 Å². The van der Waals surface area contributed by atoms with Gasteiger partial charge < -0.3 is 20.5 Å². The van der Waals surface area contributed by atoms with E-state index in [0.29, 0.717) is 13.0 Å². The zero-order chi connectivity index (χ0) is 9.03. The normalized spacial score (nSPS) is 28.5. The van der Waals surface area contributed by atoms with E-state index in [4.69, 9.17) is 0 Å². The molecule has 0 spiro atoms. The minimum Gasteiger partial charge on any atom is -0.453 e. The van der Waals surface area contributed by atoms with Gasteiger partial charge in [0.2, 0.25) is 0 Å². The summed E-state index contributed by atoms with van der Waals surface area (Å²) in [6, 6.07) is 0. The van der Waals surface area contributed by atoms with E-state index in [1.165, 1.54) is 7.11 Å². The topological polar surface area (TPSA) is 70.6 Å². The van der Waals surface area contributed by atoms with Crippen LogP contribution in [0, 0.1) is 0 Å². The van der Waals surface area contributed by atoms with Gasteiger partial charge in [-0.1, -0.05) is 0 Å². The van der Waals surface area contributed by atoms with Crippen molar-refractivity contribution >= 4 is 6.09 Å². The number of alkyl carbamates (subject to hydrolysis) is 1. The first-order chi connectivity index (χ1) is 5.66. The molecule has 5 heteroatoms. The quantitative estimate of drug-likeness (QED) is 0.505. The van der Waals surface area contributed by atoms with Gasteiger partial charge in [-0.05, 0) is 13.0 Å². The Labute approximate surface area is 71.1 Å². The number of methoxy groups -OCH3 is 1. The summed E-state index contributed by atoms with van der Waals surface area (Å²) < 4.78 is 4.37. The number of nitrogens with one attached hydrogen (secondary N) is 2. The van der Waals surface area contributed by atoms with Crippen molar-refractivity contribution in [3.05, 3.63) is 0 Å². The van der Waals surface area contributed by atoms with Gasteiger partial charge in [-0.15, -0.1) is 0 Å². The SMILES string of the molecule is COC(=O)NCC1(O)CCNC1. The Bertz CT molecular complexity index is 166. The smallest absolute Gasteiger partial charge is 0.406 e. The Hall–Kier alpha value is -0.810. The van der Waals surface area contributed by atoms with E-state index in [1.54, 1.807) is 0 Å². The van der Waals surface area contributed by atoms with Gasteiger partial charge in [-0.25, -0.2) is 4.79 Å². The zero-order valence-corrected chi connectivity index (χ0v) is 7.09. The number of rotatable bonds is 2. The molecule has 1 aliphatic rings. The highest BCUT2D eigenvalue weighted by Gasteiger charge is 2.31. The molecule has 1 saturated heterocycles. The molecule has 0 saturated carbocycles. The molecule has 0 aliphatic carbocycles. The maximum absolute atomic E-state index is 10.6. The van der Waals surface area contributed by atoms with Crippen molar-refractivity contribution in [3.63, 3.8) is 0 Å². The van der Waals surface area contributed by atoms with Crippen LogP contribution < -0.4 is 10.6 Å². The Kier molecular flexibility index (Phi) is 2.88. The lowest BCUT2D eigenvalue weighted by Crippen LogP contribution is -2.44. The Morgan fingerprint density at radius 2 is 2.58 bits per heavy atom. The van der Waals surface area contributed by atoms with Gasteiger partial charge in [-0.3, -0.25) is 0 Å². The van der Waals surface area contributed by atoms with Crippen LogP contribution in [0.2, 0.25) is 0 Å². The molecule has 1 amide bonds. The Morgan fingerprint density at radius 1 is 1.83 bits per heavy atom. The Morgan fingerprint density at radius 3 is 3.08 bits per heavy atom. The predicted molar refractivity (Wildman–Crippen MR) is 42.8 cm³/mol. The predicted octanol–water partition coefficient (Wildman–Crippen LogP) is -0.933. The van der Waals surface area contributed by atoms with Crippen LogP contribution in [0.15, 0.2) is 0 Å². The van der Waals surface area contributed by atoms with Crippen LogP contribution in [0.3, 0.4) is 0 Å². The van der Waals surface area contributed by atoms with Crippen molar-refractivity contribution in [2.45, 2.75) is 12.0 Å². The van der Waals surface area contributed by atoms with Crippen LogP contribution in [-0.4, -0.2) is 43.5 Å². The lowest BCUT2D eigenvalue weighted by molar-refractivity contribution is 0.0594. The summed E-state index contributed by atoms with van der Waals surface area (Å²) in [5.41, 5.74) is -0.797. The first-order valence-corrected chi connectivity index (χ1v) is 3.91. The fourth-order valence-corrected chi connectivity index (χ4v) is 1.19. The monoisotopic (exact) mass is 174 g/mol. The van der Waals surface area contributed by atoms with Crippen LogP contribution in [0.5, 0.6) is 0 Å². The van der Waals surface area contributed by atoms with E-state index in [-0.39, 0.29) is 6.54 Å². The van der Waals surface area contributed by atoms with Gasteiger partial charge in [0.1, 0.15) is 0 Å². The van der Waals surface area contributed by atoms with E-state index in [1.807, 2.05) is 0 Å². The first kappa shape index (κ1) is 9.28. The number of carbonyl (C=O) groups excluding carboxylic acids is 1. The summed E-state index contributed by atoms with van der Waals surface area (Å²) in [5.74, 6) is 0. The number of hydrogen-bond acceptors (Lipinski definition) is 4. The number of carbonyl (C=O) groups is 1. The van der Waals surface area contributed by atoms with E-state index < -0.39 is 11.7 Å². The average Bonchev–Trinajstić information content (AvgIpc) is 2.49. The molecule has 0 radical (unpaired) electrons. The van der Waals surface area contributed by atoms with Gasteiger partial charge in [0, 0.05) is 6.54 Å². The number of aliphatic hydroxyl groups is 1. The molecule has 3 N–H and O–H groups in total. The number of β-amino-alcohol motifs (C(OH)–C–C–N with tert-alkyl or cyclic N) is 1. The molecular formula is C7H14N2O3. The Balaban J connectivity index is 2.25. The molecule has 1 atom stereocenters. The van der Waals surface area contributed by atoms with E-state index in [2.05, 4.69) is 15.4 Å². The molecular weight excluding hydrogens is 160 g/mol. The van der Waals surface area contributed by atoms with Crippen molar-refractivity contribution in [1.29, 1.82) is 0 Å². The fourth-order valence-electron chi connectivity index (χ4n) is 1.19. The maximum atomic E-state index is 10.6. The van der Waals surface area contributed by atoms with E-state index >= 15 is 0 Å². The third-order valence-electron chi connectivity index (χ3n) is 1.97. The summed E-state index contributed by atoms with van der Waals surface area (Å²) in [5, 5.41) is 15.2. The largest absolute Gasteiger partial charge is 0.453 e. The van der Waals surface area contributed by atoms with Crippen LogP contribution >= 0.6 is 0 Å². The highest BCUT2D eigenvalue weighted by molar-refractivity contribution is 5.66. The second-order valence-electron chi connectivity index (χ2n) is 3.00. The van der Waals surface area contributed by atoms with Crippen molar-refractivity contribution in [2.24, 2.45) is 0 Å². The minimum absolute atomic E-state index is 0.243. The molecule has 1 unspecified atom stereocenters. The van der Waals surface area contributed by atoms with Crippen molar-refractivity contribution in [2.75, 3.05) is 26.7 Å². The number of hydrogen-bond donors (Lipinski definition) is 3. The van der Waals surface area contributed by atoms with Gasteiger partial charge in [0.25, 0.3) is 0 Å². The second kappa shape index (κ2) is 3.73. The summed E-state index contributed by atoms with van der Waals surface area (Å²) >= 11 is 0. The molecule has 0 aromatic carbocycles. The van der Waals surface area contributed by atoms with Crippen LogP contribution in [-0.2, 0) is 4.74 Å². The second-order valence-corrected chi connectivity index (χ2v) is 3.00. The van der Waals surface area contributed by atoms with Crippen molar-refractivity contribution in [3.8, 4) is 0 Å². The molecule has 0 aromatic heterocycles. The van der Waals surface area contributed by atoms with Gasteiger partial charge in [0.05, 0.1) is 19.3 Å². The van der Waals surface area contributed by atoms with Crippen LogP contribution in [0.1, 0.15) is 6.42 Å². The number of amides is 1. The molecule has 0 bridgehead atoms. The lowest BCUT2D eigenvalue weighted by Gasteiger charge is -2.20. The fraction of sp³-hybridized carbons (Fsp3) is 0.857. The highest BCUT2D eigenvalue weighted by Crippen LogP contribution is 2.12. The molecule has 1 fully saturated rings. The van der Waals surface area contributed by atoms with Gasteiger partial charge in [-0.2, -0.15) is 0 Å². The lowest BCUT2D eigenvalue weighted by atomic mass is 10.0. The van der Waals surface area contributed by atoms with E-state index in [0.717, 1.165) is 6.54 Å². The molecule has 1 aliphatic heterocycles. The highest BCUT2D eigenvalue weighted by atomic mass is 16.5. The summed E-state index contributed by atoms with van der Waals surface area (Å²) in [6.45, 7) is 1.56. The molecule has 1 heterocycles.